The molecule has 1 aromatic rings. The molecular weight excluding hydrogens is 311 g/mol. The van der Waals surface area contributed by atoms with E-state index in [1.807, 2.05) is 0 Å². The zero-order valence-corrected chi connectivity index (χ0v) is 13.6. The summed E-state index contributed by atoms with van der Waals surface area (Å²) in [4.78, 5) is 13.7. The molecule has 2 rings (SSSR count). The number of ether oxygens (including phenoxy) is 1. The van der Waals surface area contributed by atoms with Crippen molar-refractivity contribution in [2.75, 3.05) is 13.1 Å². The first-order chi connectivity index (χ1) is 10.5. The first-order valence-corrected chi connectivity index (χ1v) is 7.64. The third-order valence-corrected chi connectivity index (χ3v) is 3.45. The van der Waals surface area contributed by atoms with Gasteiger partial charge in [0.25, 0.3) is 0 Å². The number of alkyl halides is 3. The van der Waals surface area contributed by atoms with Crippen molar-refractivity contribution in [3.05, 3.63) is 17.5 Å². The molecule has 1 aliphatic rings. The molecule has 0 spiro atoms. The van der Waals surface area contributed by atoms with E-state index in [1.54, 1.807) is 36.4 Å². The molecular formula is C15H22F3N3O2. The van der Waals surface area contributed by atoms with Crippen LogP contribution >= 0.6 is 0 Å². The van der Waals surface area contributed by atoms with Gasteiger partial charge in [-0.1, -0.05) is 0 Å². The number of fused-ring (bicyclic) bond motifs is 1. The molecule has 0 saturated carbocycles. The van der Waals surface area contributed by atoms with E-state index in [2.05, 4.69) is 5.10 Å². The van der Waals surface area contributed by atoms with Gasteiger partial charge in [-0.3, -0.25) is 4.68 Å². The van der Waals surface area contributed by atoms with Crippen molar-refractivity contribution in [1.29, 1.82) is 0 Å². The molecule has 2 heterocycles. The number of amides is 1. The number of carbonyl (C=O) groups is 1. The zero-order chi connectivity index (χ0) is 17.3. The van der Waals surface area contributed by atoms with Crippen LogP contribution in [0.25, 0.3) is 0 Å². The highest BCUT2D eigenvalue weighted by Crippen LogP contribution is 2.22. The molecule has 0 saturated heterocycles. The molecule has 1 aromatic heterocycles. The summed E-state index contributed by atoms with van der Waals surface area (Å²) in [7, 11) is 0. The Bertz CT molecular complexity index is 536. The molecule has 0 N–H and O–H groups in total. The van der Waals surface area contributed by atoms with Crippen molar-refractivity contribution in [2.45, 2.75) is 58.4 Å². The lowest BCUT2D eigenvalue weighted by atomic mass is 10.2. The second-order valence-electron chi connectivity index (χ2n) is 6.68. The predicted octanol–water partition coefficient (Wildman–Crippen LogP) is 3.17. The number of carbonyl (C=O) groups excluding carboxylic acids is 1. The van der Waals surface area contributed by atoms with Crippen molar-refractivity contribution in [2.24, 2.45) is 0 Å². The molecule has 0 atom stereocenters. The smallest absolute Gasteiger partial charge is 0.410 e. The first kappa shape index (κ1) is 17.6. The molecule has 8 heteroatoms. The lowest BCUT2D eigenvalue weighted by Gasteiger charge is -2.26. The second kappa shape index (κ2) is 6.41. The fourth-order valence-corrected chi connectivity index (χ4v) is 2.39. The van der Waals surface area contributed by atoms with E-state index in [1.165, 1.54) is 0 Å². The lowest BCUT2D eigenvalue weighted by molar-refractivity contribution is -0.134. The number of hydrogen-bond acceptors (Lipinski definition) is 3. The van der Waals surface area contributed by atoms with Crippen LogP contribution in [-0.2, 0) is 24.1 Å². The summed E-state index contributed by atoms with van der Waals surface area (Å²) >= 11 is 0. The summed E-state index contributed by atoms with van der Waals surface area (Å²) < 4.78 is 43.8. The molecule has 0 aliphatic carbocycles. The average molecular weight is 333 g/mol. The van der Waals surface area contributed by atoms with Crippen molar-refractivity contribution in [3.8, 4) is 0 Å². The summed E-state index contributed by atoms with van der Waals surface area (Å²) in [6.45, 7) is 6.78. The van der Waals surface area contributed by atoms with Crippen molar-refractivity contribution in [3.63, 3.8) is 0 Å². The summed E-state index contributed by atoms with van der Waals surface area (Å²) in [5, 5.41) is 4.22. The van der Waals surface area contributed by atoms with E-state index in [0.717, 1.165) is 5.69 Å². The fraction of sp³-hybridized carbons (Fsp3) is 0.733. The van der Waals surface area contributed by atoms with E-state index >= 15 is 0 Å². The average Bonchev–Trinajstić information content (AvgIpc) is 2.66. The molecule has 0 aromatic carbocycles. The summed E-state index contributed by atoms with van der Waals surface area (Å²) in [6.07, 6.45) is -4.97. The van der Waals surface area contributed by atoms with Crippen LogP contribution in [0.3, 0.4) is 0 Å². The molecule has 1 aliphatic heterocycles. The number of halogens is 3. The van der Waals surface area contributed by atoms with Crippen LogP contribution in [0, 0.1) is 0 Å². The third-order valence-electron chi connectivity index (χ3n) is 3.45. The number of rotatable bonds is 2. The molecule has 23 heavy (non-hydrogen) atoms. The minimum Gasteiger partial charge on any atom is -0.444 e. The minimum absolute atomic E-state index is 0.112. The van der Waals surface area contributed by atoms with E-state index in [0.29, 0.717) is 31.7 Å². The maximum absolute atomic E-state index is 12.3. The van der Waals surface area contributed by atoms with Crippen LogP contribution in [0.4, 0.5) is 18.0 Å². The Balaban J connectivity index is 1.95. The summed E-state index contributed by atoms with van der Waals surface area (Å²) in [5.74, 6) is 0. The maximum atomic E-state index is 12.3. The second-order valence-corrected chi connectivity index (χ2v) is 6.68. The standard InChI is InChI=1S/C15H22F3N3O2/c1-14(2,3)23-13(22)20-7-5-12-10-11(4-6-15(16,17)18)19-21(12)9-8-20/h10H,4-9H2,1-3H3. The molecule has 0 bridgehead atoms. The van der Waals surface area contributed by atoms with Crippen molar-refractivity contribution >= 4 is 6.09 Å². The van der Waals surface area contributed by atoms with Crippen molar-refractivity contribution in [1.82, 2.24) is 14.7 Å². The van der Waals surface area contributed by atoms with E-state index in [-0.39, 0.29) is 12.5 Å². The van der Waals surface area contributed by atoms with Gasteiger partial charge in [-0.2, -0.15) is 18.3 Å². The van der Waals surface area contributed by atoms with Gasteiger partial charge >= 0.3 is 12.3 Å². The normalized spacial score (nSPS) is 16.0. The van der Waals surface area contributed by atoms with Gasteiger partial charge in [-0.05, 0) is 26.8 Å². The lowest BCUT2D eigenvalue weighted by Crippen LogP contribution is -2.38. The quantitative estimate of drug-likeness (QED) is 0.835. The monoisotopic (exact) mass is 333 g/mol. The van der Waals surface area contributed by atoms with Crippen LogP contribution in [0.1, 0.15) is 38.6 Å². The Morgan fingerprint density at radius 1 is 1.26 bits per heavy atom. The molecule has 0 radical (unpaired) electrons. The first-order valence-electron chi connectivity index (χ1n) is 7.64. The van der Waals surface area contributed by atoms with Crippen LogP contribution in [0.15, 0.2) is 6.07 Å². The van der Waals surface area contributed by atoms with Gasteiger partial charge in [0.2, 0.25) is 0 Å². The third kappa shape index (κ3) is 5.44. The fourth-order valence-electron chi connectivity index (χ4n) is 2.39. The number of aryl methyl sites for hydroxylation is 1. The number of hydrogen-bond donors (Lipinski definition) is 0. The van der Waals surface area contributed by atoms with Gasteiger partial charge in [0.05, 0.1) is 12.2 Å². The van der Waals surface area contributed by atoms with Gasteiger partial charge in [0.15, 0.2) is 0 Å². The highest BCUT2D eigenvalue weighted by atomic mass is 19.4. The van der Waals surface area contributed by atoms with Gasteiger partial charge in [0.1, 0.15) is 5.60 Å². The van der Waals surface area contributed by atoms with E-state index in [9.17, 15) is 18.0 Å². The SMILES string of the molecule is CC(C)(C)OC(=O)N1CCc2cc(CCC(F)(F)F)nn2CC1. The number of nitrogens with zero attached hydrogens (tertiary/aromatic N) is 3. The maximum Gasteiger partial charge on any atom is 0.410 e. The molecule has 0 fully saturated rings. The Morgan fingerprint density at radius 2 is 1.96 bits per heavy atom. The predicted molar refractivity (Wildman–Crippen MR) is 78.1 cm³/mol. The van der Waals surface area contributed by atoms with Gasteiger partial charge in [-0.25, -0.2) is 4.79 Å². The molecule has 1 amide bonds. The summed E-state index contributed by atoms with van der Waals surface area (Å²) in [6, 6.07) is 1.70. The Hall–Kier alpha value is -1.73. The Morgan fingerprint density at radius 3 is 2.57 bits per heavy atom. The van der Waals surface area contributed by atoms with Crippen LogP contribution < -0.4 is 0 Å². The molecule has 5 nitrogen and oxygen atoms in total. The van der Waals surface area contributed by atoms with Crippen LogP contribution in [0.5, 0.6) is 0 Å². The topological polar surface area (TPSA) is 47.4 Å². The van der Waals surface area contributed by atoms with Crippen LogP contribution in [-0.4, -0.2) is 45.6 Å². The molecule has 0 unspecified atom stereocenters. The highest BCUT2D eigenvalue weighted by Gasteiger charge is 2.28. The number of aromatic nitrogens is 2. The summed E-state index contributed by atoms with van der Waals surface area (Å²) in [5.41, 5.74) is 0.748. The molecule has 130 valence electrons. The highest BCUT2D eigenvalue weighted by molar-refractivity contribution is 5.68. The van der Waals surface area contributed by atoms with Crippen molar-refractivity contribution < 1.29 is 22.7 Å². The Labute approximate surface area is 133 Å². The largest absolute Gasteiger partial charge is 0.444 e. The van der Waals surface area contributed by atoms with E-state index in [4.69, 9.17) is 4.74 Å². The van der Waals surface area contributed by atoms with E-state index < -0.39 is 18.2 Å². The minimum atomic E-state index is -4.17. The van der Waals surface area contributed by atoms with Gasteiger partial charge in [0, 0.05) is 38.0 Å². The van der Waals surface area contributed by atoms with Gasteiger partial charge in [-0.15, -0.1) is 0 Å². The van der Waals surface area contributed by atoms with Crippen LogP contribution in [0.2, 0.25) is 0 Å². The Kier molecular flexibility index (Phi) is 4.91. The zero-order valence-electron chi connectivity index (χ0n) is 13.6. The van der Waals surface area contributed by atoms with Gasteiger partial charge < -0.3 is 9.64 Å².